The minimum Gasteiger partial charge on any atom is -0.376 e. The van der Waals surface area contributed by atoms with Gasteiger partial charge >= 0.3 is 0 Å². The molecule has 3 amide bonds. The van der Waals surface area contributed by atoms with E-state index >= 15 is 0 Å². The van der Waals surface area contributed by atoms with E-state index in [0.717, 1.165) is 17.7 Å². The standard InChI is InChI=1S/C26H26N4O6S2/c31-23(17-30-26(33)21-7-1-2-8-22(21)38(30,34)35)29(16-20-6-4-14-37-20)24(18-9-11-27-12-10-18)25(32)28-15-19-5-3-13-36-19/h1-2,4,6-12,14,19,24H,3,5,13,15-17H2,(H,28,32)/t19-,24+/m0/s1. The first-order chi connectivity index (χ1) is 18.4. The molecule has 4 heterocycles. The van der Waals surface area contributed by atoms with E-state index in [4.69, 9.17) is 4.74 Å². The van der Waals surface area contributed by atoms with Gasteiger partial charge in [-0.3, -0.25) is 19.4 Å². The Morgan fingerprint density at radius 2 is 1.95 bits per heavy atom. The van der Waals surface area contributed by atoms with E-state index in [0.29, 0.717) is 16.5 Å². The molecule has 0 bridgehead atoms. The summed E-state index contributed by atoms with van der Waals surface area (Å²) in [7, 11) is -4.21. The Kier molecular flexibility index (Phi) is 7.54. The largest absolute Gasteiger partial charge is 0.376 e. The number of benzene rings is 1. The van der Waals surface area contributed by atoms with Crippen LogP contribution in [0.1, 0.15) is 39.7 Å². The first-order valence-electron chi connectivity index (χ1n) is 12.1. The number of carbonyl (C=O) groups is 3. The maximum atomic E-state index is 13.8. The smallest absolute Gasteiger partial charge is 0.269 e. The van der Waals surface area contributed by atoms with Crippen LogP contribution in [-0.4, -0.2) is 66.1 Å². The molecule has 5 rings (SSSR count). The number of aromatic nitrogens is 1. The third kappa shape index (κ3) is 5.19. The molecule has 38 heavy (non-hydrogen) atoms. The normalized spacial score (nSPS) is 18.7. The van der Waals surface area contributed by atoms with Crippen LogP contribution in [0.2, 0.25) is 0 Å². The number of fused-ring (bicyclic) bond motifs is 1. The van der Waals surface area contributed by atoms with Gasteiger partial charge in [0.1, 0.15) is 17.5 Å². The number of nitrogens with zero attached hydrogens (tertiary/aromatic N) is 3. The summed E-state index contributed by atoms with van der Waals surface area (Å²) in [6.07, 6.45) is 4.68. The highest BCUT2D eigenvalue weighted by Crippen LogP contribution is 2.31. The second-order valence-electron chi connectivity index (χ2n) is 8.98. The van der Waals surface area contributed by atoms with Gasteiger partial charge in [-0.1, -0.05) is 18.2 Å². The van der Waals surface area contributed by atoms with Crippen LogP contribution in [0.5, 0.6) is 0 Å². The zero-order valence-corrected chi connectivity index (χ0v) is 22.0. The molecule has 2 aliphatic heterocycles. The molecular formula is C26H26N4O6S2. The van der Waals surface area contributed by atoms with E-state index in [1.165, 1.54) is 46.8 Å². The highest BCUT2D eigenvalue weighted by molar-refractivity contribution is 7.90. The van der Waals surface area contributed by atoms with Crippen LogP contribution in [0.4, 0.5) is 0 Å². The van der Waals surface area contributed by atoms with Crippen molar-refractivity contribution in [2.75, 3.05) is 19.7 Å². The molecule has 12 heteroatoms. The maximum Gasteiger partial charge on any atom is 0.269 e. The lowest BCUT2D eigenvalue weighted by Crippen LogP contribution is -2.48. The van der Waals surface area contributed by atoms with Gasteiger partial charge in [0, 0.05) is 30.4 Å². The Labute approximate surface area is 224 Å². The van der Waals surface area contributed by atoms with Crippen molar-refractivity contribution >= 4 is 39.1 Å². The number of sulfonamides is 1. The van der Waals surface area contributed by atoms with Crippen molar-refractivity contribution in [2.24, 2.45) is 0 Å². The number of pyridine rings is 1. The van der Waals surface area contributed by atoms with Crippen LogP contribution in [0.3, 0.4) is 0 Å². The monoisotopic (exact) mass is 554 g/mol. The van der Waals surface area contributed by atoms with Gasteiger partial charge in [0.2, 0.25) is 11.8 Å². The van der Waals surface area contributed by atoms with Crippen LogP contribution >= 0.6 is 11.3 Å². The molecule has 1 fully saturated rings. The first kappa shape index (κ1) is 26.0. The number of nitrogens with one attached hydrogen (secondary N) is 1. The van der Waals surface area contributed by atoms with Crippen LogP contribution in [0.25, 0.3) is 0 Å². The molecule has 2 atom stereocenters. The Hall–Kier alpha value is -3.61. The molecule has 198 valence electrons. The molecule has 10 nitrogen and oxygen atoms in total. The molecule has 0 spiro atoms. The molecule has 0 radical (unpaired) electrons. The second kappa shape index (κ2) is 11.0. The van der Waals surface area contributed by atoms with E-state index in [1.54, 1.807) is 18.2 Å². The van der Waals surface area contributed by atoms with Gasteiger partial charge in [-0.25, -0.2) is 12.7 Å². The van der Waals surface area contributed by atoms with Crippen molar-refractivity contribution in [3.8, 4) is 0 Å². The molecule has 1 N–H and O–H groups in total. The lowest BCUT2D eigenvalue weighted by atomic mass is 10.0. The zero-order valence-electron chi connectivity index (χ0n) is 20.4. The lowest BCUT2D eigenvalue weighted by Gasteiger charge is -2.32. The molecule has 0 unspecified atom stereocenters. The van der Waals surface area contributed by atoms with Crippen molar-refractivity contribution in [2.45, 2.75) is 36.4 Å². The average Bonchev–Trinajstić information content (AvgIpc) is 3.67. The second-order valence-corrected chi connectivity index (χ2v) is 11.8. The fourth-order valence-electron chi connectivity index (χ4n) is 4.63. The minimum atomic E-state index is -4.21. The molecule has 0 aliphatic carbocycles. The van der Waals surface area contributed by atoms with Crippen molar-refractivity contribution in [1.82, 2.24) is 19.5 Å². The quantitative estimate of drug-likeness (QED) is 0.430. The van der Waals surface area contributed by atoms with Gasteiger partial charge in [0.25, 0.3) is 15.9 Å². The highest BCUT2D eigenvalue weighted by Gasteiger charge is 2.43. The Balaban J connectivity index is 1.46. The lowest BCUT2D eigenvalue weighted by molar-refractivity contribution is -0.141. The fourth-order valence-corrected chi connectivity index (χ4v) is 6.85. The van der Waals surface area contributed by atoms with Crippen LogP contribution in [0.15, 0.2) is 71.2 Å². The third-order valence-corrected chi connectivity index (χ3v) is 9.18. The van der Waals surface area contributed by atoms with E-state index in [9.17, 15) is 22.8 Å². The van der Waals surface area contributed by atoms with Crippen molar-refractivity contribution in [3.63, 3.8) is 0 Å². The zero-order chi connectivity index (χ0) is 26.7. The number of rotatable bonds is 9. The Bertz CT molecular complexity index is 1420. The number of ether oxygens (including phenoxy) is 1. The highest BCUT2D eigenvalue weighted by atomic mass is 32.2. The van der Waals surface area contributed by atoms with E-state index < -0.39 is 40.3 Å². The van der Waals surface area contributed by atoms with Crippen molar-refractivity contribution in [3.05, 3.63) is 82.3 Å². The number of thiophene rings is 1. The summed E-state index contributed by atoms with van der Waals surface area (Å²) in [5.74, 6) is -1.89. The van der Waals surface area contributed by atoms with E-state index in [2.05, 4.69) is 10.3 Å². The predicted molar refractivity (Wildman–Crippen MR) is 138 cm³/mol. The Morgan fingerprint density at radius 3 is 2.63 bits per heavy atom. The van der Waals surface area contributed by atoms with Gasteiger partial charge in [-0.15, -0.1) is 11.3 Å². The number of carbonyl (C=O) groups excluding carboxylic acids is 3. The summed E-state index contributed by atoms with van der Waals surface area (Å²) in [4.78, 5) is 46.4. The topological polar surface area (TPSA) is 126 Å². The molecule has 2 aromatic heterocycles. The minimum absolute atomic E-state index is 0.0186. The van der Waals surface area contributed by atoms with Crippen molar-refractivity contribution < 1.29 is 27.5 Å². The molecule has 1 saturated heterocycles. The maximum absolute atomic E-state index is 13.8. The predicted octanol–water partition coefficient (Wildman–Crippen LogP) is 2.35. The SMILES string of the molecule is O=C(NC[C@@H]1CCCO1)[C@@H](c1ccncc1)N(Cc1cccs1)C(=O)CN1C(=O)c2ccccc2S1(=O)=O. The summed E-state index contributed by atoms with van der Waals surface area (Å²) in [5, 5.41) is 4.75. The van der Waals surface area contributed by atoms with Crippen LogP contribution < -0.4 is 5.32 Å². The first-order valence-corrected chi connectivity index (χ1v) is 14.5. The molecule has 3 aromatic rings. The van der Waals surface area contributed by atoms with E-state index in [1.807, 2.05) is 17.5 Å². The summed E-state index contributed by atoms with van der Waals surface area (Å²) in [6.45, 7) is 0.238. The van der Waals surface area contributed by atoms with Gasteiger partial charge < -0.3 is 15.0 Å². The van der Waals surface area contributed by atoms with Crippen molar-refractivity contribution in [1.29, 1.82) is 0 Å². The average molecular weight is 555 g/mol. The van der Waals surface area contributed by atoms with Gasteiger partial charge in [-0.2, -0.15) is 0 Å². The summed E-state index contributed by atoms with van der Waals surface area (Å²) >= 11 is 1.40. The van der Waals surface area contributed by atoms with Gasteiger partial charge in [0.05, 0.1) is 18.2 Å². The fraction of sp³-hybridized carbons (Fsp3) is 0.308. The Morgan fingerprint density at radius 1 is 1.16 bits per heavy atom. The summed E-state index contributed by atoms with van der Waals surface area (Å²) in [5.41, 5.74) is 0.527. The molecule has 2 aliphatic rings. The number of hydrogen-bond donors (Lipinski definition) is 1. The molecule has 1 aromatic carbocycles. The number of hydrogen-bond acceptors (Lipinski definition) is 8. The van der Waals surface area contributed by atoms with Gasteiger partial charge in [0.15, 0.2) is 0 Å². The third-order valence-electron chi connectivity index (χ3n) is 6.53. The molecule has 0 saturated carbocycles. The summed E-state index contributed by atoms with van der Waals surface area (Å²) in [6, 6.07) is 11.7. The summed E-state index contributed by atoms with van der Waals surface area (Å²) < 4.78 is 32.5. The van der Waals surface area contributed by atoms with Gasteiger partial charge in [-0.05, 0) is 54.1 Å². The molecular weight excluding hydrogens is 528 g/mol. The van der Waals surface area contributed by atoms with E-state index in [-0.39, 0.29) is 29.7 Å². The number of amides is 3. The van der Waals surface area contributed by atoms with Crippen LogP contribution in [-0.2, 0) is 30.9 Å². The van der Waals surface area contributed by atoms with Crippen LogP contribution in [0, 0.1) is 0 Å².